The number of carbonyl (C=O) groups excluding carboxylic acids is 2. The van der Waals surface area contributed by atoms with Crippen molar-refractivity contribution in [3.8, 4) is 0 Å². The molecule has 0 saturated carbocycles. The summed E-state index contributed by atoms with van der Waals surface area (Å²) in [4.78, 5) is 28.8. The molecule has 0 amide bonds. The predicted octanol–water partition coefficient (Wildman–Crippen LogP) is 4.65. The first-order valence-electron chi connectivity index (χ1n) is 13.8. The van der Waals surface area contributed by atoms with Crippen molar-refractivity contribution in [3.05, 3.63) is 68.8 Å². The normalized spacial score (nSPS) is 22.0. The summed E-state index contributed by atoms with van der Waals surface area (Å²) in [6.45, 7) is 10.7. The Morgan fingerprint density at radius 3 is 2.51 bits per heavy atom. The molecule has 0 bridgehead atoms. The Balaban J connectivity index is 1.23. The van der Waals surface area contributed by atoms with E-state index in [9.17, 15) is 9.59 Å². The van der Waals surface area contributed by atoms with Crippen LogP contribution >= 0.6 is 0 Å². The summed E-state index contributed by atoms with van der Waals surface area (Å²) in [5, 5.41) is 0. The van der Waals surface area contributed by atoms with Gasteiger partial charge < -0.3 is 14.4 Å². The van der Waals surface area contributed by atoms with Crippen LogP contribution in [-0.4, -0.2) is 67.4 Å². The summed E-state index contributed by atoms with van der Waals surface area (Å²) in [6.07, 6.45) is 8.01. The number of nitrogens with zero attached hydrogens (tertiary/aromatic N) is 2. The molecule has 2 saturated heterocycles. The van der Waals surface area contributed by atoms with Crippen LogP contribution in [0.25, 0.3) is 0 Å². The van der Waals surface area contributed by atoms with Gasteiger partial charge in [-0.15, -0.1) is 0 Å². The molecule has 2 aromatic carbocycles. The topological polar surface area (TPSA) is 59.1 Å². The van der Waals surface area contributed by atoms with Crippen molar-refractivity contribution in [2.24, 2.45) is 0 Å². The zero-order valence-electron chi connectivity index (χ0n) is 22.6. The lowest BCUT2D eigenvalue weighted by molar-refractivity contribution is 0.0424. The van der Waals surface area contributed by atoms with Crippen LogP contribution in [0.4, 0.5) is 0 Å². The van der Waals surface area contributed by atoms with E-state index in [0.717, 1.165) is 67.6 Å². The van der Waals surface area contributed by atoms with Gasteiger partial charge in [0.1, 0.15) is 12.9 Å². The molecule has 3 aliphatic rings. The van der Waals surface area contributed by atoms with E-state index >= 15 is 0 Å². The number of rotatable bonds is 9. The largest absolute Gasteiger partial charge is 0.457 e. The van der Waals surface area contributed by atoms with Gasteiger partial charge in [-0.1, -0.05) is 18.2 Å². The molecule has 1 atom stereocenters. The fourth-order valence-corrected chi connectivity index (χ4v) is 6.95. The van der Waals surface area contributed by atoms with Gasteiger partial charge in [0.25, 0.3) is 0 Å². The van der Waals surface area contributed by atoms with Crippen LogP contribution in [-0.2, 0) is 35.5 Å². The minimum Gasteiger partial charge on any atom is -0.457 e. The van der Waals surface area contributed by atoms with Crippen LogP contribution in [0.15, 0.2) is 24.3 Å². The third-order valence-electron chi connectivity index (χ3n) is 9.16. The van der Waals surface area contributed by atoms with Crippen LogP contribution < -0.4 is 0 Å². The number of fused-ring (bicyclic) bond motifs is 1. The summed E-state index contributed by atoms with van der Waals surface area (Å²) in [7, 11) is 1.68. The number of benzene rings is 2. The van der Waals surface area contributed by atoms with Gasteiger partial charge in [-0.2, -0.15) is 0 Å². The highest BCUT2D eigenvalue weighted by molar-refractivity contribution is 5.93. The molecular weight excluding hydrogens is 464 g/mol. The van der Waals surface area contributed by atoms with Crippen molar-refractivity contribution in [2.75, 3.05) is 39.8 Å². The second-order valence-electron chi connectivity index (χ2n) is 11.1. The lowest BCUT2D eigenvalue weighted by atomic mass is 9.85. The van der Waals surface area contributed by atoms with Gasteiger partial charge in [0.15, 0.2) is 0 Å². The zero-order chi connectivity index (χ0) is 26.0. The number of likely N-dealkylation sites (tertiary alicyclic amines) is 2. The Kier molecular flexibility index (Phi) is 7.80. The van der Waals surface area contributed by atoms with E-state index in [-0.39, 0.29) is 11.5 Å². The molecule has 5 rings (SSSR count). The van der Waals surface area contributed by atoms with Crippen LogP contribution in [0.1, 0.15) is 79.8 Å². The summed E-state index contributed by atoms with van der Waals surface area (Å²) < 4.78 is 10.6. The van der Waals surface area contributed by atoms with E-state index in [4.69, 9.17) is 9.47 Å². The van der Waals surface area contributed by atoms with Crippen molar-refractivity contribution < 1.29 is 19.1 Å². The maximum absolute atomic E-state index is 11.9. The van der Waals surface area contributed by atoms with Crippen LogP contribution in [0.3, 0.4) is 0 Å². The van der Waals surface area contributed by atoms with Gasteiger partial charge in [0.05, 0.1) is 12.2 Å². The molecular formula is C31H40N2O4. The lowest BCUT2D eigenvalue weighted by Crippen LogP contribution is -2.56. The molecule has 1 spiro atoms. The highest BCUT2D eigenvalue weighted by Crippen LogP contribution is 2.38. The second-order valence-corrected chi connectivity index (χ2v) is 11.1. The van der Waals surface area contributed by atoms with Crippen molar-refractivity contribution in [1.82, 2.24) is 9.80 Å². The molecule has 0 radical (unpaired) electrons. The summed E-state index contributed by atoms with van der Waals surface area (Å²) in [5.41, 5.74) is 8.93. The zero-order valence-corrected chi connectivity index (χ0v) is 22.6. The number of methoxy groups -OCH3 is 1. The first-order valence-corrected chi connectivity index (χ1v) is 13.8. The molecule has 3 aliphatic heterocycles. The Morgan fingerprint density at radius 2 is 1.73 bits per heavy atom. The van der Waals surface area contributed by atoms with Crippen LogP contribution in [0.5, 0.6) is 0 Å². The molecule has 6 nitrogen and oxygen atoms in total. The molecule has 37 heavy (non-hydrogen) atoms. The van der Waals surface area contributed by atoms with E-state index in [0.29, 0.717) is 13.2 Å². The number of esters is 1. The SMILES string of the molecule is COCc1c(C=O)ccc(CCN2CCCC3(CCCN3CCc3ccc4c(c3C)COC4=O)C2)c1C. The number of hydrogen-bond acceptors (Lipinski definition) is 6. The molecule has 198 valence electrons. The van der Waals surface area contributed by atoms with E-state index in [1.54, 1.807) is 7.11 Å². The number of piperidine rings is 1. The Bertz CT molecular complexity index is 1180. The molecule has 2 fully saturated rings. The quantitative estimate of drug-likeness (QED) is 0.366. The fraction of sp³-hybridized carbons (Fsp3) is 0.548. The van der Waals surface area contributed by atoms with Crippen molar-refractivity contribution >= 4 is 12.3 Å². The highest BCUT2D eigenvalue weighted by atomic mass is 16.5. The lowest BCUT2D eigenvalue weighted by Gasteiger charge is -2.46. The number of aldehydes is 1. The molecule has 1 unspecified atom stereocenters. The summed E-state index contributed by atoms with van der Waals surface area (Å²) in [5.74, 6) is -0.185. The summed E-state index contributed by atoms with van der Waals surface area (Å²) in [6, 6.07) is 8.16. The maximum Gasteiger partial charge on any atom is 0.338 e. The van der Waals surface area contributed by atoms with Crippen LogP contribution in [0, 0.1) is 13.8 Å². The predicted molar refractivity (Wildman–Crippen MR) is 144 cm³/mol. The summed E-state index contributed by atoms with van der Waals surface area (Å²) >= 11 is 0. The highest BCUT2D eigenvalue weighted by Gasteiger charge is 2.43. The maximum atomic E-state index is 11.9. The molecule has 0 aromatic heterocycles. The van der Waals surface area contributed by atoms with Gasteiger partial charge in [-0.05, 0) is 99.3 Å². The Morgan fingerprint density at radius 1 is 1.00 bits per heavy atom. The van der Waals surface area contributed by atoms with Gasteiger partial charge >= 0.3 is 5.97 Å². The standard InChI is InChI=1S/C31H40N2O4/c1-22-24(6-7-26(18-34)28(22)19-36-3)10-16-32-14-4-12-31(21-32)13-5-15-33(31)17-11-25-8-9-27-29(23(25)2)20-37-30(27)35/h6-9,18H,4-5,10-17,19-21H2,1-3H3. The van der Waals surface area contributed by atoms with Gasteiger partial charge in [0.2, 0.25) is 0 Å². The van der Waals surface area contributed by atoms with E-state index < -0.39 is 0 Å². The first kappa shape index (κ1) is 26.1. The minimum atomic E-state index is -0.185. The molecule has 2 aromatic rings. The smallest absolute Gasteiger partial charge is 0.338 e. The third kappa shape index (κ3) is 5.12. The first-order chi connectivity index (χ1) is 18.0. The van der Waals surface area contributed by atoms with Gasteiger partial charge in [-0.25, -0.2) is 4.79 Å². The van der Waals surface area contributed by atoms with Gasteiger partial charge in [-0.3, -0.25) is 9.69 Å². The average Bonchev–Trinajstić information content (AvgIpc) is 3.47. The van der Waals surface area contributed by atoms with Gasteiger partial charge in [0, 0.05) is 43.4 Å². The van der Waals surface area contributed by atoms with Crippen molar-refractivity contribution in [2.45, 2.75) is 71.1 Å². The van der Waals surface area contributed by atoms with Crippen molar-refractivity contribution in [1.29, 1.82) is 0 Å². The second kappa shape index (κ2) is 11.1. The third-order valence-corrected chi connectivity index (χ3v) is 9.16. The Labute approximate surface area is 220 Å². The van der Waals surface area contributed by atoms with E-state index in [1.165, 1.54) is 54.5 Å². The number of carbonyl (C=O) groups is 2. The van der Waals surface area contributed by atoms with Crippen LogP contribution in [0.2, 0.25) is 0 Å². The number of cyclic esters (lactones) is 1. The molecule has 3 heterocycles. The van der Waals surface area contributed by atoms with E-state index in [2.05, 4.69) is 35.8 Å². The van der Waals surface area contributed by atoms with E-state index in [1.807, 2.05) is 12.1 Å². The monoisotopic (exact) mass is 504 g/mol. The fourth-order valence-electron chi connectivity index (χ4n) is 6.95. The average molecular weight is 505 g/mol. The molecule has 0 aliphatic carbocycles. The Hall–Kier alpha value is -2.54. The molecule has 0 N–H and O–H groups in total. The molecule has 6 heteroatoms. The van der Waals surface area contributed by atoms with Crippen molar-refractivity contribution in [3.63, 3.8) is 0 Å². The number of ether oxygens (including phenoxy) is 2. The number of hydrogen-bond donors (Lipinski definition) is 0. The minimum absolute atomic E-state index is 0.185.